The van der Waals surface area contributed by atoms with Gasteiger partial charge in [-0.05, 0) is 35.9 Å². The van der Waals surface area contributed by atoms with E-state index in [0.29, 0.717) is 25.5 Å². The molecule has 1 aliphatic rings. The molecule has 0 aliphatic carbocycles. The zero-order valence-corrected chi connectivity index (χ0v) is 15.9. The largest absolute Gasteiger partial charge is 0.497 e. The molecule has 0 unspecified atom stereocenters. The van der Waals surface area contributed by atoms with E-state index in [1.807, 2.05) is 24.3 Å². The lowest BCUT2D eigenvalue weighted by Gasteiger charge is -2.31. The number of methoxy groups -OCH3 is 1. The van der Waals surface area contributed by atoms with Crippen molar-refractivity contribution in [1.82, 2.24) is 4.31 Å². The summed E-state index contributed by atoms with van der Waals surface area (Å²) >= 11 is 0. The average Bonchev–Trinajstić information content (AvgIpc) is 2.69. The Labute approximate surface area is 155 Å². The van der Waals surface area contributed by atoms with Crippen molar-refractivity contribution >= 4 is 15.7 Å². The van der Waals surface area contributed by atoms with Crippen molar-refractivity contribution in [1.29, 1.82) is 0 Å². The summed E-state index contributed by atoms with van der Waals surface area (Å²) in [7, 11) is -0.414. The van der Waals surface area contributed by atoms with Crippen LogP contribution in [0.2, 0.25) is 0 Å². The average molecular weight is 376 g/mol. The zero-order chi connectivity index (χ0) is 18.6. The fourth-order valence-electron chi connectivity index (χ4n) is 3.01. The van der Waals surface area contributed by atoms with Crippen molar-refractivity contribution in [3.8, 4) is 5.75 Å². The Bertz CT molecular complexity index is 831. The van der Waals surface area contributed by atoms with Crippen molar-refractivity contribution < 1.29 is 17.9 Å². The topological polar surface area (TPSA) is 59.1 Å². The second-order valence-electron chi connectivity index (χ2n) is 6.16. The van der Waals surface area contributed by atoms with Crippen molar-refractivity contribution in [3.05, 3.63) is 54.1 Å². The highest BCUT2D eigenvalue weighted by Gasteiger charge is 2.23. The number of sulfonamides is 1. The van der Waals surface area contributed by atoms with Crippen LogP contribution in [0.3, 0.4) is 0 Å². The number of ether oxygens (including phenoxy) is 2. The first-order chi connectivity index (χ1) is 12.5. The van der Waals surface area contributed by atoms with Crippen molar-refractivity contribution in [3.63, 3.8) is 0 Å². The molecule has 0 amide bonds. The van der Waals surface area contributed by atoms with E-state index >= 15 is 0 Å². The van der Waals surface area contributed by atoms with Crippen LogP contribution < -0.4 is 9.64 Å². The van der Waals surface area contributed by atoms with Gasteiger partial charge in [-0.3, -0.25) is 0 Å². The maximum atomic E-state index is 12.9. The van der Waals surface area contributed by atoms with E-state index < -0.39 is 10.0 Å². The molecule has 0 aromatic heterocycles. The Balaban J connectivity index is 1.81. The van der Waals surface area contributed by atoms with Crippen molar-refractivity contribution in [2.24, 2.45) is 0 Å². The minimum atomic E-state index is -3.58. The van der Waals surface area contributed by atoms with Crippen LogP contribution in [-0.2, 0) is 21.3 Å². The molecule has 7 heteroatoms. The molecule has 2 aromatic carbocycles. The summed E-state index contributed by atoms with van der Waals surface area (Å²) in [5.41, 5.74) is 2.04. The lowest BCUT2D eigenvalue weighted by molar-refractivity contribution is 0.122. The van der Waals surface area contributed by atoms with Crippen molar-refractivity contribution in [2.45, 2.75) is 11.4 Å². The Morgan fingerprint density at radius 1 is 1.08 bits per heavy atom. The summed E-state index contributed by atoms with van der Waals surface area (Å²) in [4.78, 5) is 2.50. The minimum Gasteiger partial charge on any atom is -0.497 e. The van der Waals surface area contributed by atoms with Crippen LogP contribution in [0.4, 0.5) is 5.69 Å². The van der Waals surface area contributed by atoms with Gasteiger partial charge in [-0.1, -0.05) is 18.2 Å². The van der Waals surface area contributed by atoms with Gasteiger partial charge in [-0.2, -0.15) is 4.31 Å². The highest BCUT2D eigenvalue weighted by atomic mass is 32.2. The first-order valence-electron chi connectivity index (χ1n) is 8.53. The van der Waals surface area contributed by atoms with Gasteiger partial charge in [-0.15, -0.1) is 0 Å². The maximum Gasteiger partial charge on any atom is 0.243 e. The quantitative estimate of drug-likeness (QED) is 0.775. The summed E-state index contributed by atoms with van der Waals surface area (Å²) < 4.78 is 37.6. The van der Waals surface area contributed by atoms with E-state index in [0.717, 1.165) is 24.3 Å². The van der Waals surface area contributed by atoms with E-state index in [9.17, 15) is 8.42 Å². The summed E-state index contributed by atoms with van der Waals surface area (Å²) in [6, 6.07) is 14.4. The monoisotopic (exact) mass is 376 g/mol. The van der Waals surface area contributed by atoms with Gasteiger partial charge >= 0.3 is 0 Å². The standard InChI is InChI=1S/C19H24N2O4S/c1-20(26(22,23)18-9-7-17(24-2)8-10-18)15-16-5-3-4-6-19(16)21-11-13-25-14-12-21/h3-10H,11-15H2,1-2H3. The summed E-state index contributed by atoms with van der Waals surface area (Å²) in [6.45, 7) is 3.31. The van der Waals surface area contributed by atoms with Crippen LogP contribution in [0.25, 0.3) is 0 Å². The van der Waals surface area contributed by atoms with Gasteiger partial charge in [0.15, 0.2) is 0 Å². The summed E-state index contributed by atoms with van der Waals surface area (Å²) in [5, 5.41) is 0. The smallest absolute Gasteiger partial charge is 0.243 e. The van der Waals surface area contributed by atoms with E-state index in [1.165, 1.54) is 4.31 Å². The molecule has 0 spiro atoms. The summed E-state index contributed by atoms with van der Waals surface area (Å²) in [6.07, 6.45) is 0. The molecule has 1 aliphatic heterocycles. The molecule has 26 heavy (non-hydrogen) atoms. The summed E-state index contributed by atoms with van der Waals surface area (Å²) in [5.74, 6) is 0.629. The highest BCUT2D eigenvalue weighted by Crippen LogP contribution is 2.25. The molecule has 0 saturated carbocycles. The number of rotatable bonds is 6. The predicted octanol–water partition coefficient (Wildman–Crippen LogP) is 2.35. The molecule has 2 aromatic rings. The fraction of sp³-hybridized carbons (Fsp3) is 0.368. The van der Waals surface area contributed by atoms with Gasteiger partial charge in [-0.25, -0.2) is 8.42 Å². The number of para-hydroxylation sites is 1. The molecule has 140 valence electrons. The van der Waals surface area contributed by atoms with Crippen LogP contribution in [-0.4, -0.2) is 53.2 Å². The van der Waals surface area contributed by atoms with Crippen LogP contribution >= 0.6 is 0 Å². The first kappa shape index (κ1) is 18.7. The predicted molar refractivity (Wildman–Crippen MR) is 101 cm³/mol. The van der Waals surface area contributed by atoms with Crippen LogP contribution in [0.15, 0.2) is 53.4 Å². The van der Waals surface area contributed by atoms with Gasteiger partial charge in [0.05, 0.1) is 25.2 Å². The van der Waals surface area contributed by atoms with E-state index in [4.69, 9.17) is 9.47 Å². The molecule has 1 heterocycles. The maximum absolute atomic E-state index is 12.9. The molecule has 0 N–H and O–H groups in total. The Morgan fingerprint density at radius 3 is 2.38 bits per heavy atom. The molecule has 3 rings (SSSR count). The van der Waals surface area contributed by atoms with Gasteiger partial charge in [0, 0.05) is 32.4 Å². The van der Waals surface area contributed by atoms with Crippen LogP contribution in [0.1, 0.15) is 5.56 Å². The second-order valence-corrected chi connectivity index (χ2v) is 8.21. The molecular formula is C19H24N2O4S. The Hall–Kier alpha value is -2.09. The number of nitrogens with zero attached hydrogens (tertiary/aromatic N) is 2. The number of morpholine rings is 1. The minimum absolute atomic E-state index is 0.254. The van der Waals surface area contributed by atoms with E-state index in [-0.39, 0.29) is 4.90 Å². The molecule has 0 radical (unpaired) electrons. The Kier molecular flexibility index (Phi) is 5.80. The molecule has 1 fully saturated rings. The third-order valence-corrected chi connectivity index (χ3v) is 6.32. The highest BCUT2D eigenvalue weighted by molar-refractivity contribution is 7.89. The lowest BCUT2D eigenvalue weighted by Crippen LogP contribution is -2.37. The van der Waals surface area contributed by atoms with Crippen LogP contribution in [0.5, 0.6) is 5.75 Å². The third-order valence-electron chi connectivity index (χ3n) is 4.50. The number of hydrogen-bond acceptors (Lipinski definition) is 5. The number of hydrogen-bond donors (Lipinski definition) is 0. The van der Waals surface area contributed by atoms with Gasteiger partial charge in [0.2, 0.25) is 10.0 Å². The normalized spacial score (nSPS) is 15.3. The second kappa shape index (κ2) is 8.07. The number of benzene rings is 2. The molecular weight excluding hydrogens is 352 g/mol. The number of anilines is 1. The van der Waals surface area contributed by atoms with Gasteiger partial charge in [0.25, 0.3) is 0 Å². The molecule has 1 saturated heterocycles. The lowest BCUT2D eigenvalue weighted by atomic mass is 10.1. The van der Waals surface area contributed by atoms with E-state index in [2.05, 4.69) is 4.90 Å². The SMILES string of the molecule is COc1ccc(S(=O)(=O)N(C)Cc2ccccc2N2CCOCC2)cc1. The van der Waals surface area contributed by atoms with Crippen molar-refractivity contribution in [2.75, 3.05) is 45.4 Å². The fourth-order valence-corrected chi connectivity index (χ4v) is 4.16. The van der Waals surface area contributed by atoms with Gasteiger partial charge in [0.1, 0.15) is 5.75 Å². The van der Waals surface area contributed by atoms with E-state index in [1.54, 1.807) is 38.4 Å². The molecule has 0 atom stereocenters. The Morgan fingerprint density at radius 2 is 1.73 bits per heavy atom. The van der Waals surface area contributed by atoms with Gasteiger partial charge < -0.3 is 14.4 Å². The first-order valence-corrected chi connectivity index (χ1v) is 9.97. The zero-order valence-electron chi connectivity index (χ0n) is 15.1. The third kappa shape index (κ3) is 4.00. The van der Waals surface area contributed by atoms with Crippen LogP contribution in [0, 0.1) is 0 Å². The molecule has 6 nitrogen and oxygen atoms in total. The molecule has 0 bridgehead atoms.